The molecule has 0 radical (unpaired) electrons. The number of para-hydroxylation sites is 1. The van der Waals surface area contributed by atoms with E-state index in [0.717, 1.165) is 16.5 Å². The third-order valence-corrected chi connectivity index (χ3v) is 2.16. The van der Waals surface area contributed by atoms with Gasteiger partial charge in [0.25, 0.3) is 0 Å². The van der Waals surface area contributed by atoms with Crippen LogP contribution in [0.5, 0.6) is 0 Å². The number of aromatic amines is 1. The van der Waals surface area contributed by atoms with E-state index in [9.17, 15) is 0 Å². The fraction of sp³-hybridized carbons (Fsp3) is 0.111. The molecular weight excluding hydrogens is 165 g/mol. The zero-order chi connectivity index (χ0) is 9.42. The summed E-state index contributed by atoms with van der Waals surface area (Å²) >= 11 is 0. The molecule has 0 aliphatic heterocycles. The number of hydrogen-bond donors (Lipinski definition) is 3. The van der Waals surface area contributed by atoms with Crippen molar-refractivity contribution in [3.63, 3.8) is 0 Å². The summed E-state index contributed by atoms with van der Waals surface area (Å²) in [7, 11) is -1.42. The molecule has 1 aromatic heterocycles. The fourth-order valence-electron chi connectivity index (χ4n) is 1.47. The van der Waals surface area contributed by atoms with Crippen LogP contribution < -0.4 is 5.59 Å². The van der Waals surface area contributed by atoms with Crippen molar-refractivity contribution >= 4 is 23.6 Å². The molecule has 0 aliphatic rings. The van der Waals surface area contributed by atoms with Gasteiger partial charge in [0.2, 0.25) is 0 Å². The molecule has 3 nitrogen and oxygen atoms in total. The Morgan fingerprint density at radius 1 is 1.31 bits per heavy atom. The SMILES string of the molecule is Cc1cccc2cc(B(O)O)[nH]c12. The minimum absolute atomic E-state index is 0.435. The minimum Gasteiger partial charge on any atom is -0.422 e. The third-order valence-electron chi connectivity index (χ3n) is 2.16. The van der Waals surface area contributed by atoms with E-state index in [1.165, 1.54) is 0 Å². The van der Waals surface area contributed by atoms with Crippen LogP contribution in [0.3, 0.4) is 0 Å². The van der Waals surface area contributed by atoms with Gasteiger partial charge in [-0.1, -0.05) is 18.2 Å². The van der Waals surface area contributed by atoms with Crippen molar-refractivity contribution in [3.8, 4) is 0 Å². The molecule has 2 rings (SSSR count). The molecule has 0 aliphatic carbocycles. The van der Waals surface area contributed by atoms with E-state index in [-0.39, 0.29) is 0 Å². The molecule has 0 atom stereocenters. The molecule has 0 fully saturated rings. The van der Waals surface area contributed by atoms with Crippen molar-refractivity contribution in [1.29, 1.82) is 0 Å². The Morgan fingerprint density at radius 2 is 2.08 bits per heavy atom. The van der Waals surface area contributed by atoms with E-state index >= 15 is 0 Å². The third kappa shape index (κ3) is 1.34. The Kier molecular flexibility index (Phi) is 1.86. The number of nitrogens with one attached hydrogen (secondary N) is 1. The Labute approximate surface area is 76.2 Å². The van der Waals surface area contributed by atoms with Crippen molar-refractivity contribution < 1.29 is 10.0 Å². The van der Waals surface area contributed by atoms with Crippen molar-refractivity contribution in [2.45, 2.75) is 6.92 Å². The predicted octanol–water partition coefficient (Wildman–Crippen LogP) is 0.156. The molecule has 3 N–H and O–H groups in total. The number of aryl methyl sites for hydroxylation is 1. The summed E-state index contributed by atoms with van der Waals surface area (Å²) in [6, 6.07) is 7.60. The van der Waals surface area contributed by atoms with E-state index in [2.05, 4.69) is 4.98 Å². The first-order chi connectivity index (χ1) is 6.18. The van der Waals surface area contributed by atoms with Crippen LogP contribution in [-0.2, 0) is 0 Å². The fourth-order valence-corrected chi connectivity index (χ4v) is 1.47. The maximum absolute atomic E-state index is 8.94. The maximum Gasteiger partial charge on any atom is 0.505 e. The van der Waals surface area contributed by atoms with Crippen molar-refractivity contribution in [1.82, 2.24) is 4.98 Å². The first-order valence-electron chi connectivity index (χ1n) is 4.13. The molecule has 1 heterocycles. The van der Waals surface area contributed by atoms with Gasteiger partial charge in [-0.3, -0.25) is 0 Å². The Bertz CT molecular complexity index is 436. The highest BCUT2D eigenvalue weighted by Gasteiger charge is 2.13. The lowest BCUT2D eigenvalue weighted by Crippen LogP contribution is -2.30. The van der Waals surface area contributed by atoms with Gasteiger partial charge in [-0.25, -0.2) is 0 Å². The molecule has 0 unspecified atom stereocenters. The lowest BCUT2D eigenvalue weighted by atomic mass is 9.87. The number of hydrogen-bond acceptors (Lipinski definition) is 2. The molecule has 4 heteroatoms. The van der Waals surface area contributed by atoms with Crippen LogP contribution in [0.1, 0.15) is 5.56 Å². The van der Waals surface area contributed by atoms with Gasteiger partial charge in [0, 0.05) is 11.1 Å². The topological polar surface area (TPSA) is 56.2 Å². The average molecular weight is 175 g/mol. The molecule has 13 heavy (non-hydrogen) atoms. The summed E-state index contributed by atoms with van der Waals surface area (Å²) < 4.78 is 0. The van der Waals surface area contributed by atoms with Gasteiger partial charge in [-0.15, -0.1) is 0 Å². The van der Waals surface area contributed by atoms with E-state index in [4.69, 9.17) is 10.0 Å². The van der Waals surface area contributed by atoms with Crippen molar-refractivity contribution in [2.24, 2.45) is 0 Å². The number of rotatable bonds is 1. The van der Waals surface area contributed by atoms with E-state index in [1.54, 1.807) is 6.07 Å². The molecule has 0 amide bonds. The smallest absolute Gasteiger partial charge is 0.422 e. The largest absolute Gasteiger partial charge is 0.505 e. The lowest BCUT2D eigenvalue weighted by molar-refractivity contribution is 0.424. The second-order valence-corrected chi connectivity index (χ2v) is 3.14. The first kappa shape index (κ1) is 8.35. The standard InChI is InChI=1S/C9H10BNO2/c1-6-3-2-4-7-5-8(10(12)13)11-9(6)7/h2-5,11-13H,1H3. The molecule has 2 aromatic rings. The average Bonchev–Trinajstić information content (AvgIpc) is 2.49. The normalized spacial score (nSPS) is 10.7. The van der Waals surface area contributed by atoms with Crippen LogP contribution >= 0.6 is 0 Å². The summed E-state index contributed by atoms with van der Waals surface area (Å²) in [5.41, 5.74) is 2.50. The minimum atomic E-state index is -1.42. The number of benzene rings is 1. The highest BCUT2D eigenvalue weighted by Crippen LogP contribution is 2.14. The van der Waals surface area contributed by atoms with Crippen LogP contribution in [0.2, 0.25) is 0 Å². The predicted molar refractivity (Wildman–Crippen MR) is 52.9 cm³/mol. The van der Waals surface area contributed by atoms with Gasteiger partial charge in [0.05, 0.1) is 0 Å². The molecule has 0 saturated carbocycles. The Morgan fingerprint density at radius 3 is 2.69 bits per heavy atom. The van der Waals surface area contributed by atoms with E-state index in [0.29, 0.717) is 5.59 Å². The number of fused-ring (bicyclic) bond motifs is 1. The number of aromatic nitrogens is 1. The summed E-state index contributed by atoms with van der Waals surface area (Å²) in [4.78, 5) is 2.96. The monoisotopic (exact) mass is 175 g/mol. The molecule has 0 bridgehead atoms. The maximum atomic E-state index is 8.94. The van der Waals surface area contributed by atoms with Crippen LogP contribution in [0.15, 0.2) is 24.3 Å². The highest BCUT2D eigenvalue weighted by molar-refractivity contribution is 6.58. The lowest BCUT2D eigenvalue weighted by Gasteiger charge is -1.94. The van der Waals surface area contributed by atoms with Gasteiger partial charge in [-0.2, -0.15) is 0 Å². The number of H-pyrrole nitrogens is 1. The second kappa shape index (κ2) is 2.90. The molecule has 1 aromatic carbocycles. The van der Waals surface area contributed by atoms with Crippen LogP contribution in [0, 0.1) is 6.92 Å². The van der Waals surface area contributed by atoms with Crippen LogP contribution in [0.25, 0.3) is 10.9 Å². The zero-order valence-corrected chi connectivity index (χ0v) is 7.28. The summed E-state index contributed by atoms with van der Waals surface area (Å²) in [6.45, 7) is 1.98. The Hall–Kier alpha value is -1.26. The van der Waals surface area contributed by atoms with Gasteiger partial charge in [0.15, 0.2) is 0 Å². The summed E-state index contributed by atoms with van der Waals surface area (Å²) in [5, 5.41) is 18.9. The molecule has 0 spiro atoms. The second-order valence-electron chi connectivity index (χ2n) is 3.14. The molecule has 0 saturated heterocycles. The summed E-state index contributed by atoms with van der Waals surface area (Å²) in [5.74, 6) is 0. The zero-order valence-electron chi connectivity index (χ0n) is 7.28. The van der Waals surface area contributed by atoms with Gasteiger partial charge >= 0.3 is 7.12 Å². The van der Waals surface area contributed by atoms with E-state index in [1.807, 2.05) is 25.1 Å². The quantitative estimate of drug-likeness (QED) is 0.540. The van der Waals surface area contributed by atoms with Crippen LogP contribution in [0.4, 0.5) is 0 Å². The first-order valence-corrected chi connectivity index (χ1v) is 4.13. The summed E-state index contributed by atoms with van der Waals surface area (Å²) in [6.07, 6.45) is 0. The van der Waals surface area contributed by atoms with E-state index < -0.39 is 7.12 Å². The van der Waals surface area contributed by atoms with Gasteiger partial charge < -0.3 is 15.0 Å². The molecule has 66 valence electrons. The Balaban J connectivity index is 2.68. The molecular formula is C9H10BNO2. The van der Waals surface area contributed by atoms with Crippen molar-refractivity contribution in [2.75, 3.05) is 0 Å². The van der Waals surface area contributed by atoms with Crippen LogP contribution in [-0.4, -0.2) is 22.2 Å². The highest BCUT2D eigenvalue weighted by atomic mass is 16.4. The van der Waals surface area contributed by atoms with Gasteiger partial charge in [-0.05, 0) is 23.9 Å². The van der Waals surface area contributed by atoms with Gasteiger partial charge in [0.1, 0.15) is 0 Å². The van der Waals surface area contributed by atoms with Crippen molar-refractivity contribution in [3.05, 3.63) is 29.8 Å².